The molecular weight excluding hydrogens is 422 g/mol. The molecule has 1 aliphatic heterocycles. The SMILES string of the molecule is O=C(NCCc1ccccc1)N1CCCN(C(=O)c2cn3c(n2)sc2ccccc23)CC1. The highest BCUT2D eigenvalue weighted by Crippen LogP contribution is 2.26. The summed E-state index contributed by atoms with van der Waals surface area (Å²) >= 11 is 1.58. The van der Waals surface area contributed by atoms with Gasteiger partial charge in [-0.25, -0.2) is 9.78 Å². The summed E-state index contributed by atoms with van der Waals surface area (Å²) in [5.41, 5.74) is 2.73. The van der Waals surface area contributed by atoms with E-state index in [4.69, 9.17) is 0 Å². The van der Waals surface area contributed by atoms with Crippen LogP contribution >= 0.6 is 11.3 Å². The molecule has 1 saturated heterocycles. The maximum Gasteiger partial charge on any atom is 0.317 e. The lowest BCUT2D eigenvalue weighted by atomic mass is 10.1. The number of thiazole rings is 1. The normalized spacial score (nSPS) is 14.6. The van der Waals surface area contributed by atoms with Gasteiger partial charge in [-0.3, -0.25) is 9.20 Å². The van der Waals surface area contributed by atoms with Gasteiger partial charge in [0, 0.05) is 38.9 Å². The Morgan fingerprint density at radius 2 is 1.69 bits per heavy atom. The highest BCUT2D eigenvalue weighted by molar-refractivity contribution is 7.23. The van der Waals surface area contributed by atoms with Gasteiger partial charge in [0.2, 0.25) is 0 Å². The van der Waals surface area contributed by atoms with Crippen molar-refractivity contribution < 1.29 is 9.59 Å². The van der Waals surface area contributed by atoms with E-state index < -0.39 is 0 Å². The number of hydrogen-bond acceptors (Lipinski definition) is 4. The van der Waals surface area contributed by atoms with Crippen LogP contribution in [0, 0.1) is 0 Å². The fourth-order valence-corrected chi connectivity index (χ4v) is 5.12. The Kier molecular flexibility index (Phi) is 5.77. The molecule has 1 fully saturated rings. The molecule has 8 heteroatoms. The van der Waals surface area contributed by atoms with E-state index in [-0.39, 0.29) is 11.9 Å². The number of amides is 3. The second-order valence-electron chi connectivity index (χ2n) is 7.95. The minimum Gasteiger partial charge on any atom is -0.338 e. The number of urea groups is 1. The van der Waals surface area contributed by atoms with E-state index in [1.54, 1.807) is 16.2 Å². The molecular formula is C24H25N5O2S. The third-order valence-corrected chi connectivity index (χ3v) is 6.86. The van der Waals surface area contributed by atoms with Gasteiger partial charge in [0.1, 0.15) is 5.69 Å². The minimum atomic E-state index is -0.0729. The maximum absolute atomic E-state index is 13.1. The molecule has 0 radical (unpaired) electrons. The van der Waals surface area contributed by atoms with Gasteiger partial charge in [0.25, 0.3) is 5.91 Å². The Morgan fingerprint density at radius 1 is 0.938 bits per heavy atom. The molecule has 5 rings (SSSR count). The summed E-state index contributed by atoms with van der Waals surface area (Å²) < 4.78 is 3.13. The van der Waals surface area contributed by atoms with Crippen LogP contribution < -0.4 is 5.32 Å². The first-order chi connectivity index (χ1) is 15.7. The molecule has 1 N–H and O–H groups in total. The van der Waals surface area contributed by atoms with E-state index in [0.29, 0.717) is 38.4 Å². The molecule has 0 atom stereocenters. The van der Waals surface area contributed by atoms with Crippen LogP contribution in [0.15, 0.2) is 60.8 Å². The molecule has 164 valence electrons. The number of para-hydroxylation sites is 1. The van der Waals surface area contributed by atoms with E-state index in [1.807, 2.05) is 51.9 Å². The molecule has 3 amide bonds. The van der Waals surface area contributed by atoms with Crippen molar-refractivity contribution in [1.29, 1.82) is 0 Å². The minimum absolute atomic E-state index is 0.0656. The van der Waals surface area contributed by atoms with Crippen molar-refractivity contribution in [1.82, 2.24) is 24.5 Å². The summed E-state index contributed by atoms with van der Waals surface area (Å²) in [6.45, 7) is 2.90. The number of imidazole rings is 1. The quantitative estimate of drug-likeness (QED) is 0.519. The number of rotatable bonds is 4. The van der Waals surface area contributed by atoms with Crippen molar-refractivity contribution in [3.05, 3.63) is 72.1 Å². The Morgan fingerprint density at radius 3 is 2.56 bits per heavy atom. The van der Waals surface area contributed by atoms with E-state index in [9.17, 15) is 9.59 Å². The van der Waals surface area contributed by atoms with Gasteiger partial charge < -0.3 is 15.1 Å². The van der Waals surface area contributed by atoms with Gasteiger partial charge in [0.05, 0.1) is 10.2 Å². The molecule has 2 aromatic heterocycles. The summed E-state index contributed by atoms with van der Waals surface area (Å²) in [6.07, 6.45) is 3.38. The zero-order valence-electron chi connectivity index (χ0n) is 17.7. The molecule has 2 aromatic carbocycles. The van der Waals surface area contributed by atoms with Crippen molar-refractivity contribution in [2.75, 3.05) is 32.7 Å². The Balaban J connectivity index is 1.19. The standard InChI is InChI=1S/C24H25N5O2S/c30-22(19-17-29-20-9-4-5-10-21(20)32-24(29)26-19)27-13-6-14-28(16-15-27)23(31)25-12-11-18-7-2-1-3-8-18/h1-5,7-10,17H,6,11-16H2,(H,25,31). The predicted octanol–water partition coefficient (Wildman–Crippen LogP) is 3.65. The van der Waals surface area contributed by atoms with Crippen molar-refractivity contribution >= 4 is 38.5 Å². The molecule has 0 saturated carbocycles. The highest BCUT2D eigenvalue weighted by atomic mass is 32.1. The van der Waals surface area contributed by atoms with E-state index >= 15 is 0 Å². The fourth-order valence-electron chi connectivity index (χ4n) is 4.11. The predicted molar refractivity (Wildman–Crippen MR) is 126 cm³/mol. The van der Waals surface area contributed by atoms with Crippen molar-refractivity contribution in [3.8, 4) is 0 Å². The first-order valence-corrected chi connectivity index (χ1v) is 11.7. The summed E-state index contributed by atoms with van der Waals surface area (Å²) in [5.74, 6) is -0.0729. The largest absolute Gasteiger partial charge is 0.338 e. The number of carbonyl (C=O) groups excluding carboxylic acids is 2. The summed E-state index contributed by atoms with van der Waals surface area (Å²) in [6, 6.07) is 18.1. The van der Waals surface area contributed by atoms with Gasteiger partial charge in [-0.1, -0.05) is 53.8 Å². The molecule has 0 unspecified atom stereocenters. The summed E-state index contributed by atoms with van der Waals surface area (Å²) in [5, 5.41) is 3.00. The topological polar surface area (TPSA) is 70.0 Å². The Labute approximate surface area is 190 Å². The van der Waals surface area contributed by atoms with E-state index in [0.717, 1.165) is 28.0 Å². The average molecular weight is 448 g/mol. The lowest BCUT2D eigenvalue weighted by Gasteiger charge is -2.22. The zero-order valence-corrected chi connectivity index (χ0v) is 18.6. The number of nitrogens with zero attached hydrogens (tertiary/aromatic N) is 4. The van der Waals surface area contributed by atoms with Crippen molar-refractivity contribution in [2.24, 2.45) is 0 Å². The van der Waals surface area contributed by atoms with Crippen LogP contribution in [-0.2, 0) is 6.42 Å². The summed E-state index contributed by atoms with van der Waals surface area (Å²) in [4.78, 5) is 34.7. The summed E-state index contributed by atoms with van der Waals surface area (Å²) in [7, 11) is 0. The number of benzene rings is 2. The molecule has 4 aromatic rings. The van der Waals surface area contributed by atoms with Gasteiger partial charge in [-0.15, -0.1) is 0 Å². The first kappa shape index (κ1) is 20.5. The van der Waals surface area contributed by atoms with Crippen LogP contribution in [0.4, 0.5) is 4.79 Å². The van der Waals surface area contributed by atoms with Gasteiger partial charge in [-0.05, 0) is 30.5 Å². The molecule has 3 heterocycles. The molecule has 7 nitrogen and oxygen atoms in total. The maximum atomic E-state index is 13.1. The lowest BCUT2D eigenvalue weighted by Crippen LogP contribution is -2.43. The van der Waals surface area contributed by atoms with Gasteiger partial charge in [0.15, 0.2) is 4.96 Å². The average Bonchev–Trinajstić information content (AvgIpc) is 3.27. The molecule has 0 spiro atoms. The first-order valence-electron chi connectivity index (χ1n) is 10.9. The number of nitrogens with one attached hydrogen (secondary N) is 1. The zero-order chi connectivity index (χ0) is 21.9. The van der Waals surface area contributed by atoms with Crippen molar-refractivity contribution in [3.63, 3.8) is 0 Å². The van der Waals surface area contributed by atoms with Crippen LogP contribution in [0.5, 0.6) is 0 Å². The van der Waals surface area contributed by atoms with Gasteiger partial charge in [-0.2, -0.15) is 0 Å². The molecule has 0 aliphatic carbocycles. The Hall–Kier alpha value is -3.39. The molecule has 32 heavy (non-hydrogen) atoms. The van der Waals surface area contributed by atoms with Crippen LogP contribution in [0.1, 0.15) is 22.5 Å². The third-order valence-electron chi connectivity index (χ3n) is 5.82. The second kappa shape index (κ2) is 9.00. The molecule has 0 bridgehead atoms. The number of aromatic nitrogens is 2. The Bertz CT molecular complexity index is 1250. The third kappa shape index (κ3) is 4.18. The number of carbonyl (C=O) groups is 2. The van der Waals surface area contributed by atoms with Gasteiger partial charge >= 0.3 is 6.03 Å². The smallest absolute Gasteiger partial charge is 0.317 e. The number of hydrogen-bond donors (Lipinski definition) is 1. The monoisotopic (exact) mass is 447 g/mol. The van der Waals surface area contributed by atoms with Crippen LogP contribution in [0.2, 0.25) is 0 Å². The van der Waals surface area contributed by atoms with E-state index in [2.05, 4.69) is 28.5 Å². The fraction of sp³-hybridized carbons (Fsp3) is 0.292. The highest BCUT2D eigenvalue weighted by Gasteiger charge is 2.24. The molecule has 1 aliphatic rings. The van der Waals surface area contributed by atoms with Crippen LogP contribution in [-0.4, -0.2) is 63.8 Å². The number of fused-ring (bicyclic) bond motifs is 3. The van der Waals surface area contributed by atoms with Crippen LogP contribution in [0.25, 0.3) is 15.2 Å². The second-order valence-corrected chi connectivity index (χ2v) is 8.96. The van der Waals surface area contributed by atoms with Crippen molar-refractivity contribution in [2.45, 2.75) is 12.8 Å². The van der Waals surface area contributed by atoms with Crippen LogP contribution in [0.3, 0.4) is 0 Å². The lowest BCUT2D eigenvalue weighted by molar-refractivity contribution is 0.0757. The van der Waals surface area contributed by atoms with E-state index in [1.165, 1.54) is 5.56 Å².